The summed E-state index contributed by atoms with van der Waals surface area (Å²) in [5, 5.41) is 8.29. The number of aromatic amines is 2. The Balaban J connectivity index is 1.47. The standard InChI is InChI=1S/C25H19FN8/c1-34(2)18-9-15(11-27-13-18)16-10-20-22(32-33-23(20)29-12-16)25-30-21-19(7-8-28-24(21)31-25)14-3-5-17(26)6-4-14/h3-13H,1-2H3,(H,28,30,31)(H,29,32,33). The van der Waals surface area contributed by atoms with E-state index in [-0.39, 0.29) is 5.82 Å². The minimum absolute atomic E-state index is 0.283. The number of aromatic nitrogens is 7. The zero-order chi connectivity index (χ0) is 23.2. The van der Waals surface area contributed by atoms with Crippen LogP contribution in [0.3, 0.4) is 0 Å². The molecule has 6 rings (SSSR count). The Morgan fingerprint density at radius 1 is 0.853 bits per heavy atom. The van der Waals surface area contributed by atoms with Crippen molar-refractivity contribution >= 4 is 27.9 Å². The fourth-order valence-corrected chi connectivity index (χ4v) is 3.96. The van der Waals surface area contributed by atoms with Gasteiger partial charge in [0.1, 0.15) is 17.0 Å². The molecule has 0 saturated heterocycles. The number of hydrogen-bond donors (Lipinski definition) is 2. The van der Waals surface area contributed by atoms with Gasteiger partial charge in [0.15, 0.2) is 17.1 Å². The molecule has 0 aliphatic heterocycles. The fraction of sp³-hybridized carbons (Fsp3) is 0.0800. The topological polar surface area (TPSA) is 99.3 Å². The molecule has 5 aromatic heterocycles. The normalized spacial score (nSPS) is 11.4. The van der Waals surface area contributed by atoms with Crippen molar-refractivity contribution < 1.29 is 4.39 Å². The predicted octanol–water partition coefficient (Wildman–Crippen LogP) is 4.83. The zero-order valence-electron chi connectivity index (χ0n) is 18.4. The Kier molecular flexibility index (Phi) is 4.54. The van der Waals surface area contributed by atoms with Crippen LogP contribution in [-0.2, 0) is 0 Å². The van der Waals surface area contributed by atoms with Gasteiger partial charge in [-0.2, -0.15) is 5.10 Å². The van der Waals surface area contributed by atoms with Crippen LogP contribution in [0, 0.1) is 5.82 Å². The average Bonchev–Trinajstić information content (AvgIpc) is 3.48. The fourth-order valence-electron chi connectivity index (χ4n) is 3.96. The second-order valence-electron chi connectivity index (χ2n) is 8.17. The van der Waals surface area contributed by atoms with Crippen LogP contribution >= 0.6 is 0 Å². The summed E-state index contributed by atoms with van der Waals surface area (Å²) in [6.07, 6.45) is 7.14. The number of nitrogens with one attached hydrogen (secondary N) is 2. The van der Waals surface area contributed by atoms with Crippen molar-refractivity contribution in [1.29, 1.82) is 0 Å². The smallest absolute Gasteiger partial charge is 0.161 e. The van der Waals surface area contributed by atoms with Gasteiger partial charge in [0.2, 0.25) is 0 Å². The molecule has 8 nitrogen and oxygen atoms in total. The van der Waals surface area contributed by atoms with Gasteiger partial charge in [-0.15, -0.1) is 0 Å². The largest absolute Gasteiger partial charge is 0.376 e. The molecular formula is C25H19FN8. The number of nitrogens with zero attached hydrogens (tertiary/aromatic N) is 6. The number of rotatable bonds is 4. The molecule has 0 aliphatic carbocycles. The van der Waals surface area contributed by atoms with E-state index in [2.05, 4.69) is 36.2 Å². The van der Waals surface area contributed by atoms with Crippen LogP contribution in [0.5, 0.6) is 0 Å². The minimum Gasteiger partial charge on any atom is -0.376 e. The molecule has 0 saturated carbocycles. The quantitative estimate of drug-likeness (QED) is 0.399. The molecule has 5 heterocycles. The number of H-pyrrole nitrogens is 2. The molecule has 0 aliphatic rings. The van der Waals surface area contributed by atoms with E-state index in [0.29, 0.717) is 28.3 Å². The van der Waals surface area contributed by atoms with E-state index in [1.54, 1.807) is 24.5 Å². The Morgan fingerprint density at radius 3 is 2.50 bits per heavy atom. The number of hydrogen-bond acceptors (Lipinski definition) is 6. The van der Waals surface area contributed by atoms with E-state index in [1.807, 2.05) is 43.5 Å². The Labute approximate surface area is 193 Å². The molecule has 0 atom stereocenters. The molecule has 6 aromatic rings. The van der Waals surface area contributed by atoms with Crippen LogP contribution in [-0.4, -0.2) is 49.2 Å². The Hall–Kier alpha value is -4.66. The summed E-state index contributed by atoms with van der Waals surface area (Å²) in [7, 11) is 3.96. The summed E-state index contributed by atoms with van der Waals surface area (Å²) in [6.45, 7) is 0. The number of benzene rings is 1. The summed E-state index contributed by atoms with van der Waals surface area (Å²) < 4.78 is 13.4. The van der Waals surface area contributed by atoms with E-state index < -0.39 is 0 Å². The molecule has 0 spiro atoms. The third-order valence-corrected chi connectivity index (χ3v) is 5.75. The SMILES string of the molecule is CN(C)c1cncc(-c2cnc3[nH]nc(-c4nc5c(-c6ccc(F)cc6)ccnc5[nH]4)c3c2)c1. The molecule has 166 valence electrons. The molecule has 0 unspecified atom stereocenters. The maximum absolute atomic E-state index is 13.4. The van der Waals surface area contributed by atoms with Gasteiger partial charge in [0.25, 0.3) is 0 Å². The number of halogens is 1. The zero-order valence-corrected chi connectivity index (χ0v) is 18.4. The summed E-state index contributed by atoms with van der Waals surface area (Å²) >= 11 is 0. The highest BCUT2D eigenvalue weighted by molar-refractivity contribution is 5.96. The average molecular weight is 450 g/mol. The van der Waals surface area contributed by atoms with Crippen LogP contribution in [0.4, 0.5) is 10.1 Å². The molecule has 0 radical (unpaired) electrons. The van der Waals surface area contributed by atoms with Crippen LogP contribution in [0.1, 0.15) is 0 Å². The molecular weight excluding hydrogens is 431 g/mol. The minimum atomic E-state index is -0.283. The van der Waals surface area contributed by atoms with Gasteiger partial charge in [-0.25, -0.2) is 19.3 Å². The molecule has 2 N–H and O–H groups in total. The molecule has 34 heavy (non-hydrogen) atoms. The highest BCUT2D eigenvalue weighted by atomic mass is 19.1. The first-order valence-electron chi connectivity index (χ1n) is 10.6. The van der Waals surface area contributed by atoms with Gasteiger partial charge in [-0.05, 0) is 35.9 Å². The van der Waals surface area contributed by atoms with E-state index in [9.17, 15) is 4.39 Å². The lowest BCUT2D eigenvalue weighted by Gasteiger charge is -2.12. The first-order chi connectivity index (χ1) is 16.6. The second-order valence-corrected chi connectivity index (χ2v) is 8.17. The van der Waals surface area contributed by atoms with Crippen molar-refractivity contribution in [3.8, 4) is 33.8 Å². The number of pyridine rings is 3. The van der Waals surface area contributed by atoms with Crippen molar-refractivity contribution in [2.45, 2.75) is 0 Å². The van der Waals surface area contributed by atoms with Gasteiger partial charge in [-0.1, -0.05) is 12.1 Å². The Morgan fingerprint density at radius 2 is 1.68 bits per heavy atom. The van der Waals surface area contributed by atoms with Gasteiger partial charge < -0.3 is 9.88 Å². The van der Waals surface area contributed by atoms with Crippen LogP contribution in [0.25, 0.3) is 56.0 Å². The predicted molar refractivity (Wildman–Crippen MR) is 130 cm³/mol. The summed E-state index contributed by atoms with van der Waals surface area (Å²) in [6, 6.07) is 12.3. The first-order valence-corrected chi connectivity index (χ1v) is 10.6. The van der Waals surface area contributed by atoms with Crippen LogP contribution < -0.4 is 4.90 Å². The maximum atomic E-state index is 13.4. The number of anilines is 1. The van der Waals surface area contributed by atoms with Gasteiger partial charge in [0.05, 0.1) is 17.3 Å². The summed E-state index contributed by atoms with van der Waals surface area (Å²) in [5.74, 6) is 0.289. The van der Waals surface area contributed by atoms with E-state index in [4.69, 9.17) is 4.98 Å². The lowest BCUT2D eigenvalue weighted by Crippen LogP contribution is -2.08. The second kappa shape index (κ2) is 7.73. The molecule has 0 fully saturated rings. The molecule has 1 aromatic carbocycles. The third-order valence-electron chi connectivity index (χ3n) is 5.75. The monoisotopic (exact) mass is 450 g/mol. The lowest BCUT2D eigenvalue weighted by atomic mass is 10.1. The molecule has 0 bridgehead atoms. The first kappa shape index (κ1) is 20.0. The summed E-state index contributed by atoms with van der Waals surface area (Å²) in [5.41, 5.74) is 7.21. The van der Waals surface area contributed by atoms with E-state index in [1.165, 1.54) is 12.1 Å². The third kappa shape index (κ3) is 3.34. The molecule has 9 heteroatoms. The van der Waals surface area contributed by atoms with Gasteiger partial charge in [-0.3, -0.25) is 10.1 Å². The van der Waals surface area contributed by atoms with Crippen LogP contribution in [0.15, 0.2) is 67.3 Å². The lowest BCUT2D eigenvalue weighted by molar-refractivity contribution is 0.628. The highest BCUT2D eigenvalue weighted by Gasteiger charge is 2.17. The molecule has 0 amide bonds. The van der Waals surface area contributed by atoms with Crippen LogP contribution in [0.2, 0.25) is 0 Å². The van der Waals surface area contributed by atoms with Crippen molar-refractivity contribution in [1.82, 2.24) is 35.1 Å². The van der Waals surface area contributed by atoms with Crippen molar-refractivity contribution in [2.24, 2.45) is 0 Å². The van der Waals surface area contributed by atoms with Gasteiger partial charge >= 0.3 is 0 Å². The van der Waals surface area contributed by atoms with Crippen molar-refractivity contribution in [2.75, 3.05) is 19.0 Å². The van der Waals surface area contributed by atoms with E-state index in [0.717, 1.165) is 33.3 Å². The van der Waals surface area contributed by atoms with E-state index >= 15 is 0 Å². The highest BCUT2D eigenvalue weighted by Crippen LogP contribution is 2.32. The number of fused-ring (bicyclic) bond motifs is 2. The van der Waals surface area contributed by atoms with Crippen molar-refractivity contribution in [3.63, 3.8) is 0 Å². The van der Waals surface area contributed by atoms with Crippen molar-refractivity contribution in [3.05, 3.63) is 73.1 Å². The Bertz CT molecular complexity index is 1650. The maximum Gasteiger partial charge on any atom is 0.161 e. The van der Waals surface area contributed by atoms with Gasteiger partial charge in [0, 0.05) is 49.4 Å². The number of imidazole rings is 1. The summed E-state index contributed by atoms with van der Waals surface area (Å²) in [4.78, 5) is 23.4.